The van der Waals surface area contributed by atoms with Crippen LogP contribution in [0.3, 0.4) is 0 Å². The number of benzene rings is 2. The third-order valence-electron chi connectivity index (χ3n) is 7.55. The molecule has 5 rings (SSSR count). The summed E-state index contributed by atoms with van der Waals surface area (Å²) in [6.07, 6.45) is 1.20. The van der Waals surface area contributed by atoms with Gasteiger partial charge in [-0.2, -0.15) is 0 Å². The van der Waals surface area contributed by atoms with Crippen LogP contribution in [0.1, 0.15) is 68.7 Å². The Bertz CT molecular complexity index is 1430. The van der Waals surface area contributed by atoms with Crippen molar-refractivity contribution in [1.29, 1.82) is 0 Å². The number of hydrogen-bond acceptors (Lipinski definition) is 6. The van der Waals surface area contributed by atoms with Crippen LogP contribution in [-0.4, -0.2) is 28.8 Å². The average Bonchev–Trinajstić information content (AvgIpc) is 2.87. The first-order valence-electron chi connectivity index (χ1n) is 13.4. The standard InChI is InChI=1S/C31H36N4O2S/c1-6-35(7-2)22-14-12-21(13-15-22)25-26-23(16-31(4,5)17-24(26)36)32-28-27(25)29(37)34-30(33-28)38-18-20-10-8-19(3)9-11-20/h8-15,25H,6-7,16-18H2,1-5H3,(H2,32,33,34,37). The molecule has 198 valence electrons. The van der Waals surface area contributed by atoms with Crippen molar-refractivity contribution in [1.82, 2.24) is 9.97 Å². The molecule has 0 radical (unpaired) electrons. The van der Waals surface area contributed by atoms with Crippen LogP contribution in [-0.2, 0) is 10.5 Å². The number of carbonyl (C=O) groups excluding carboxylic acids is 1. The molecule has 1 aromatic heterocycles. The molecular weight excluding hydrogens is 492 g/mol. The van der Waals surface area contributed by atoms with Gasteiger partial charge in [0, 0.05) is 48.1 Å². The molecule has 7 heteroatoms. The zero-order valence-corrected chi connectivity index (χ0v) is 23.7. The van der Waals surface area contributed by atoms with E-state index in [0.29, 0.717) is 34.3 Å². The summed E-state index contributed by atoms with van der Waals surface area (Å²) < 4.78 is 0. The Morgan fingerprint density at radius 1 is 1.00 bits per heavy atom. The van der Waals surface area contributed by atoms with Gasteiger partial charge < -0.3 is 15.2 Å². The third-order valence-corrected chi connectivity index (χ3v) is 8.50. The lowest BCUT2D eigenvalue weighted by Gasteiger charge is -2.38. The minimum absolute atomic E-state index is 0.101. The average molecular weight is 529 g/mol. The molecule has 0 amide bonds. The molecule has 38 heavy (non-hydrogen) atoms. The molecule has 1 atom stereocenters. The third kappa shape index (κ3) is 5.17. The molecule has 6 nitrogen and oxygen atoms in total. The van der Waals surface area contributed by atoms with E-state index in [1.807, 2.05) is 0 Å². The number of aromatic nitrogens is 2. The Morgan fingerprint density at radius 3 is 2.34 bits per heavy atom. The summed E-state index contributed by atoms with van der Waals surface area (Å²) in [5.74, 6) is 0.923. The molecule has 2 N–H and O–H groups in total. The van der Waals surface area contributed by atoms with Crippen LogP contribution in [0.5, 0.6) is 0 Å². The minimum Gasteiger partial charge on any atom is -0.372 e. The highest BCUT2D eigenvalue weighted by Gasteiger charge is 2.42. The molecule has 0 bridgehead atoms. The van der Waals surface area contributed by atoms with Crippen LogP contribution in [0.2, 0.25) is 0 Å². The van der Waals surface area contributed by atoms with Gasteiger partial charge in [-0.05, 0) is 55.9 Å². The normalized spacial score (nSPS) is 18.0. The van der Waals surface area contributed by atoms with Gasteiger partial charge in [0.05, 0.1) is 5.56 Å². The lowest BCUT2D eigenvalue weighted by molar-refractivity contribution is -0.118. The summed E-state index contributed by atoms with van der Waals surface area (Å²) in [5.41, 5.74) is 6.23. The summed E-state index contributed by atoms with van der Waals surface area (Å²) in [4.78, 5) is 37.3. The van der Waals surface area contributed by atoms with Gasteiger partial charge in [-0.3, -0.25) is 9.59 Å². The lowest BCUT2D eigenvalue weighted by Crippen LogP contribution is -2.37. The Hall–Kier alpha value is -3.32. The maximum atomic E-state index is 13.6. The number of fused-ring (bicyclic) bond motifs is 1. The Balaban J connectivity index is 1.55. The van der Waals surface area contributed by atoms with Crippen molar-refractivity contribution in [3.05, 3.63) is 92.4 Å². The predicted octanol–water partition coefficient (Wildman–Crippen LogP) is 6.42. The topological polar surface area (TPSA) is 78.1 Å². The maximum absolute atomic E-state index is 13.6. The van der Waals surface area contributed by atoms with Gasteiger partial charge in [-0.1, -0.05) is 67.6 Å². The number of hydrogen-bond donors (Lipinski definition) is 2. The molecule has 2 aliphatic rings. The molecule has 1 aliphatic carbocycles. The van der Waals surface area contributed by atoms with E-state index in [2.05, 4.69) is 98.4 Å². The van der Waals surface area contributed by atoms with Crippen LogP contribution < -0.4 is 15.8 Å². The fraction of sp³-hybridized carbons (Fsp3) is 0.387. The number of aryl methyl sites for hydroxylation is 1. The van der Waals surface area contributed by atoms with Gasteiger partial charge in [0.2, 0.25) is 0 Å². The fourth-order valence-corrected chi connectivity index (χ4v) is 6.41. The second-order valence-corrected chi connectivity index (χ2v) is 12.0. The van der Waals surface area contributed by atoms with Gasteiger partial charge in [0.1, 0.15) is 5.82 Å². The number of H-pyrrole nitrogens is 1. The van der Waals surface area contributed by atoms with E-state index in [1.165, 1.54) is 22.9 Å². The summed E-state index contributed by atoms with van der Waals surface area (Å²) in [7, 11) is 0. The Kier molecular flexibility index (Phi) is 7.23. The van der Waals surface area contributed by atoms with Crippen molar-refractivity contribution in [2.24, 2.45) is 5.41 Å². The molecule has 1 aliphatic heterocycles. The number of nitrogens with one attached hydrogen (secondary N) is 2. The predicted molar refractivity (Wildman–Crippen MR) is 156 cm³/mol. The van der Waals surface area contributed by atoms with E-state index in [9.17, 15) is 9.59 Å². The van der Waals surface area contributed by atoms with E-state index in [-0.39, 0.29) is 16.8 Å². The molecule has 0 spiro atoms. The molecular formula is C31H36N4O2S. The van der Waals surface area contributed by atoms with Gasteiger partial charge in [-0.15, -0.1) is 0 Å². The number of allylic oxidation sites excluding steroid dienone is 2. The first-order chi connectivity index (χ1) is 18.2. The molecule has 0 fully saturated rings. The zero-order valence-electron chi connectivity index (χ0n) is 22.9. The Labute approximate surface area is 229 Å². The number of nitrogens with zero attached hydrogens (tertiary/aromatic N) is 2. The second-order valence-electron chi connectivity index (χ2n) is 11.1. The van der Waals surface area contributed by atoms with Gasteiger partial charge in [0.25, 0.3) is 5.56 Å². The minimum atomic E-state index is -0.442. The highest BCUT2D eigenvalue weighted by Crippen LogP contribution is 2.47. The van der Waals surface area contributed by atoms with Crippen molar-refractivity contribution < 1.29 is 4.79 Å². The van der Waals surface area contributed by atoms with Gasteiger partial charge in [-0.25, -0.2) is 4.98 Å². The van der Waals surface area contributed by atoms with Crippen molar-refractivity contribution in [3.63, 3.8) is 0 Å². The van der Waals surface area contributed by atoms with E-state index in [4.69, 9.17) is 4.98 Å². The van der Waals surface area contributed by atoms with Crippen LogP contribution in [0.4, 0.5) is 11.5 Å². The van der Waals surface area contributed by atoms with Crippen LogP contribution in [0.15, 0.2) is 69.8 Å². The molecule has 3 aromatic rings. The number of Topliss-reactive ketones (excluding diaryl/α,β-unsaturated/α-hetero) is 1. The van der Waals surface area contributed by atoms with E-state index in [0.717, 1.165) is 36.5 Å². The second kappa shape index (κ2) is 10.4. The molecule has 1 unspecified atom stereocenters. The SMILES string of the molecule is CCN(CC)c1ccc(C2C3=C(CC(C)(C)CC3=O)Nc3nc(SCc4ccc(C)cc4)[nH]c(=O)c32)cc1. The van der Waals surface area contributed by atoms with Crippen molar-refractivity contribution in [3.8, 4) is 0 Å². The molecule has 0 saturated heterocycles. The lowest BCUT2D eigenvalue weighted by atomic mass is 9.69. The van der Waals surface area contributed by atoms with Crippen molar-refractivity contribution >= 4 is 29.1 Å². The summed E-state index contributed by atoms with van der Waals surface area (Å²) >= 11 is 1.51. The number of aromatic amines is 1. The van der Waals surface area contributed by atoms with E-state index in [1.54, 1.807) is 0 Å². The van der Waals surface area contributed by atoms with Crippen LogP contribution in [0.25, 0.3) is 0 Å². The Morgan fingerprint density at radius 2 is 1.68 bits per heavy atom. The quantitative estimate of drug-likeness (QED) is 0.272. The highest BCUT2D eigenvalue weighted by molar-refractivity contribution is 7.98. The largest absolute Gasteiger partial charge is 0.372 e. The van der Waals surface area contributed by atoms with Gasteiger partial charge in [0.15, 0.2) is 10.9 Å². The molecule has 2 aromatic carbocycles. The van der Waals surface area contributed by atoms with Crippen molar-refractivity contribution in [2.75, 3.05) is 23.3 Å². The summed E-state index contributed by atoms with van der Waals surface area (Å²) in [6.45, 7) is 12.4. The van der Waals surface area contributed by atoms with E-state index < -0.39 is 5.92 Å². The van der Waals surface area contributed by atoms with E-state index >= 15 is 0 Å². The van der Waals surface area contributed by atoms with Crippen LogP contribution >= 0.6 is 11.8 Å². The zero-order chi connectivity index (χ0) is 27.0. The first kappa shape index (κ1) is 26.3. The summed E-state index contributed by atoms with van der Waals surface area (Å²) in [6, 6.07) is 16.7. The number of carbonyl (C=O) groups is 1. The maximum Gasteiger partial charge on any atom is 0.257 e. The number of ketones is 1. The van der Waals surface area contributed by atoms with Crippen LogP contribution in [0, 0.1) is 12.3 Å². The first-order valence-corrected chi connectivity index (χ1v) is 14.4. The number of thioether (sulfide) groups is 1. The van der Waals surface area contributed by atoms with Gasteiger partial charge >= 0.3 is 0 Å². The van der Waals surface area contributed by atoms with Crippen molar-refractivity contribution in [2.45, 2.75) is 64.3 Å². The molecule has 0 saturated carbocycles. The smallest absolute Gasteiger partial charge is 0.257 e. The monoisotopic (exact) mass is 528 g/mol. The number of rotatable bonds is 7. The fourth-order valence-electron chi connectivity index (χ4n) is 5.60. The highest BCUT2D eigenvalue weighted by atomic mass is 32.2. The summed E-state index contributed by atoms with van der Waals surface area (Å²) in [5, 5.41) is 4.00. The number of anilines is 2. The molecule has 2 heterocycles.